The van der Waals surface area contributed by atoms with Gasteiger partial charge in [-0.05, 0) is 55.2 Å². The summed E-state index contributed by atoms with van der Waals surface area (Å²) in [6.45, 7) is 5.59. The van der Waals surface area contributed by atoms with E-state index in [2.05, 4.69) is 16.8 Å². The third-order valence-corrected chi connectivity index (χ3v) is 5.94. The van der Waals surface area contributed by atoms with Crippen LogP contribution in [0.2, 0.25) is 0 Å². The maximum absolute atomic E-state index is 15.0. The average Bonchev–Trinajstić information content (AvgIpc) is 2.89. The molecule has 1 fully saturated rings. The number of hydrogen-bond donors (Lipinski definition) is 3. The molecule has 1 aliphatic heterocycles. The monoisotopic (exact) mass is 510 g/mol. The predicted octanol–water partition coefficient (Wildman–Crippen LogP) is 5.18. The minimum atomic E-state index is -0.936. The second-order valence-corrected chi connectivity index (χ2v) is 8.59. The molecule has 0 aliphatic carbocycles. The van der Waals surface area contributed by atoms with Crippen LogP contribution in [-0.2, 0) is 0 Å². The van der Waals surface area contributed by atoms with E-state index in [1.165, 1.54) is 38.9 Å². The van der Waals surface area contributed by atoms with E-state index in [4.69, 9.17) is 20.6 Å². The van der Waals surface area contributed by atoms with E-state index in [0.717, 1.165) is 37.7 Å². The van der Waals surface area contributed by atoms with Gasteiger partial charge in [0, 0.05) is 42.5 Å². The van der Waals surface area contributed by atoms with Gasteiger partial charge in [-0.15, -0.1) is 0 Å². The van der Waals surface area contributed by atoms with Crippen LogP contribution in [0.4, 0.5) is 14.5 Å². The first-order chi connectivity index (χ1) is 17.7. The van der Waals surface area contributed by atoms with Crippen molar-refractivity contribution in [2.24, 2.45) is 5.73 Å². The van der Waals surface area contributed by atoms with Crippen molar-refractivity contribution in [1.82, 2.24) is 5.32 Å². The van der Waals surface area contributed by atoms with Crippen molar-refractivity contribution in [3.63, 3.8) is 0 Å². The fraction of sp³-hybridized carbons (Fsp3) is 0.286. The number of anilines is 1. The Morgan fingerprint density at radius 2 is 1.70 bits per heavy atom. The SMILES string of the molecule is C=C(N)/C=C(\C=C/CC(=N)NC(=O)c1ccc(N2CCCCC2)cc1)c1c(F)c(OC)cc(OC)c1F. The lowest BCUT2D eigenvalue weighted by Crippen LogP contribution is -2.30. The van der Waals surface area contributed by atoms with E-state index in [1.54, 1.807) is 12.1 Å². The van der Waals surface area contributed by atoms with Gasteiger partial charge in [-0.1, -0.05) is 18.7 Å². The molecule has 1 aliphatic rings. The number of allylic oxidation sites excluding steroid dienone is 3. The van der Waals surface area contributed by atoms with Crippen LogP contribution in [0.1, 0.15) is 41.6 Å². The molecule has 1 heterocycles. The molecule has 0 spiro atoms. The number of nitrogens with one attached hydrogen (secondary N) is 2. The molecule has 0 saturated carbocycles. The Morgan fingerprint density at radius 3 is 2.24 bits per heavy atom. The zero-order chi connectivity index (χ0) is 26.9. The summed E-state index contributed by atoms with van der Waals surface area (Å²) < 4.78 is 39.9. The highest BCUT2D eigenvalue weighted by Crippen LogP contribution is 2.36. The first kappa shape index (κ1) is 27.4. The molecule has 0 atom stereocenters. The topological polar surface area (TPSA) is 101 Å². The van der Waals surface area contributed by atoms with E-state index in [1.807, 2.05) is 12.1 Å². The van der Waals surface area contributed by atoms with Crippen LogP contribution in [-0.4, -0.2) is 39.1 Å². The number of carbonyl (C=O) groups excluding carboxylic acids is 1. The van der Waals surface area contributed by atoms with Gasteiger partial charge in [0.1, 0.15) is 5.84 Å². The van der Waals surface area contributed by atoms with Crippen LogP contribution in [0.25, 0.3) is 5.57 Å². The van der Waals surface area contributed by atoms with Crippen molar-refractivity contribution in [1.29, 1.82) is 5.41 Å². The van der Waals surface area contributed by atoms with Gasteiger partial charge in [-0.25, -0.2) is 8.78 Å². The van der Waals surface area contributed by atoms with Crippen LogP contribution in [0.5, 0.6) is 11.5 Å². The summed E-state index contributed by atoms with van der Waals surface area (Å²) in [6.07, 6.45) is 7.73. The minimum Gasteiger partial charge on any atom is -0.494 e. The van der Waals surface area contributed by atoms with Gasteiger partial charge >= 0.3 is 0 Å². The molecule has 0 unspecified atom stereocenters. The molecule has 196 valence electrons. The molecular weight excluding hydrogens is 478 g/mol. The second kappa shape index (κ2) is 12.7. The van der Waals surface area contributed by atoms with Crippen LogP contribution in [0, 0.1) is 17.0 Å². The number of nitrogens with two attached hydrogens (primary N) is 1. The summed E-state index contributed by atoms with van der Waals surface area (Å²) >= 11 is 0. The largest absolute Gasteiger partial charge is 0.494 e. The number of ether oxygens (including phenoxy) is 2. The molecule has 4 N–H and O–H groups in total. The van der Waals surface area contributed by atoms with Gasteiger partial charge in [0.2, 0.25) is 0 Å². The minimum absolute atomic E-state index is 0.00364. The number of nitrogens with zero attached hydrogens (tertiary/aromatic N) is 1. The number of hydrogen-bond acceptors (Lipinski definition) is 6. The third kappa shape index (κ3) is 6.97. The fourth-order valence-electron chi connectivity index (χ4n) is 4.08. The molecule has 1 saturated heterocycles. The van der Waals surface area contributed by atoms with Crippen molar-refractivity contribution < 1.29 is 23.0 Å². The molecule has 0 bridgehead atoms. The van der Waals surface area contributed by atoms with Gasteiger partial charge in [-0.3, -0.25) is 10.2 Å². The lowest BCUT2D eigenvalue weighted by atomic mass is 10.0. The summed E-state index contributed by atoms with van der Waals surface area (Å²) in [7, 11) is 2.51. The quantitative estimate of drug-likeness (QED) is 0.245. The highest BCUT2D eigenvalue weighted by Gasteiger charge is 2.22. The van der Waals surface area contributed by atoms with Crippen molar-refractivity contribution >= 4 is 23.0 Å². The van der Waals surface area contributed by atoms with E-state index in [0.29, 0.717) is 5.56 Å². The Balaban J connectivity index is 1.70. The number of carbonyl (C=O) groups is 1. The normalized spacial score (nSPS) is 13.9. The maximum atomic E-state index is 15.0. The Hall–Kier alpha value is -4.14. The maximum Gasteiger partial charge on any atom is 0.256 e. The summed E-state index contributed by atoms with van der Waals surface area (Å²) in [6, 6.07) is 8.39. The highest BCUT2D eigenvalue weighted by atomic mass is 19.1. The molecule has 2 aromatic carbocycles. The van der Waals surface area contributed by atoms with E-state index in [9.17, 15) is 13.6 Å². The van der Waals surface area contributed by atoms with Crippen LogP contribution in [0.15, 0.2) is 60.8 Å². The molecule has 7 nitrogen and oxygen atoms in total. The van der Waals surface area contributed by atoms with E-state index in [-0.39, 0.29) is 35.0 Å². The molecule has 1 amide bonds. The second-order valence-electron chi connectivity index (χ2n) is 8.59. The standard InChI is InChI=1S/C28H32F2N4O3/c1-18(31)16-20(25-26(29)22(36-2)17-23(37-3)27(25)30)8-7-9-24(32)33-28(35)19-10-12-21(13-11-19)34-14-5-4-6-15-34/h7-8,10-13,16-17H,1,4-6,9,14-15,31H2,2-3H3,(H2,32,33,35)/b8-7-,20-16+. The Morgan fingerprint density at radius 1 is 1.11 bits per heavy atom. The molecular formula is C28H32F2N4O3. The van der Waals surface area contributed by atoms with Crippen LogP contribution < -0.4 is 25.4 Å². The zero-order valence-electron chi connectivity index (χ0n) is 21.1. The van der Waals surface area contributed by atoms with Crippen molar-refractivity contribution in [3.05, 3.63) is 83.6 Å². The predicted molar refractivity (Wildman–Crippen MR) is 142 cm³/mol. The number of amides is 1. The number of halogens is 2. The van der Waals surface area contributed by atoms with Gasteiger partial charge < -0.3 is 25.4 Å². The van der Waals surface area contributed by atoms with Crippen molar-refractivity contribution in [3.8, 4) is 11.5 Å². The zero-order valence-corrected chi connectivity index (χ0v) is 21.1. The number of rotatable bonds is 9. The highest BCUT2D eigenvalue weighted by molar-refractivity contribution is 6.06. The summed E-state index contributed by atoms with van der Waals surface area (Å²) in [4.78, 5) is 14.9. The van der Waals surface area contributed by atoms with Crippen LogP contribution in [0.3, 0.4) is 0 Å². The fourth-order valence-corrected chi connectivity index (χ4v) is 4.08. The van der Waals surface area contributed by atoms with E-state index >= 15 is 0 Å². The summed E-state index contributed by atoms with van der Waals surface area (Å²) in [5, 5.41) is 10.7. The number of benzene rings is 2. The molecule has 0 radical (unpaired) electrons. The lowest BCUT2D eigenvalue weighted by molar-refractivity contribution is 0.0976. The van der Waals surface area contributed by atoms with Gasteiger partial charge in [0.05, 0.1) is 19.8 Å². The van der Waals surface area contributed by atoms with Gasteiger partial charge in [0.15, 0.2) is 23.1 Å². The Bertz CT molecular complexity index is 1190. The van der Waals surface area contributed by atoms with Gasteiger partial charge in [-0.2, -0.15) is 0 Å². The Labute approximate surface area is 215 Å². The molecule has 2 aromatic rings. The van der Waals surface area contributed by atoms with Crippen LogP contribution >= 0.6 is 0 Å². The third-order valence-electron chi connectivity index (χ3n) is 5.94. The summed E-state index contributed by atoms with van der Waals surface area (Å²) in [5.74, 6) is -2.78. The van der Waals surface area contributed by atoms with Crippen molar-refractivity contribution in [2.75, 3.05) is 32.2 Å². The Kier molecular flexibility index (Phi) is 9.43. The molecule has 3 rings (SSSR count). The molecule has 9 heteroatoms. The van der Waals surface area contributed by atoms with E-state index < -0.39 is 23.1 Å². The summed E-state index contributed by atoms with van der Waals surface area (Å²) in [5.41, 5.74) is 6.90. The number of amidine groups is 1. The number of piperidine rings is 1. The van der Waals surface area contributed by atoms with Gasteiger partial charge in [0.25, 0.3) is 5.91 Å². The first-order valence-electron chi connectivity index (χ1n) is 11.9. The smallest absolute Gasteiger partial charge is 0.256 e. The average molecular weight is 511 g/mol. The molecule has 0 aromatic heterocycles. The first-order valence-corrected chi connectivity index (χ1v) is 11.9. The number of methoxy groups -OCH3 is 2. The van der Waals surface area contributed by atoms with Crippen molar-refractivity contribution in [2.45, 2.75) is 25.7 Å². The molecule has 37 heavy (non-hydrogen) atoms. The lowest BCUT2D eigenvalue weighted by Gasteiger charge is -2.28.